The van der Waals surface area contributed by atoms with E-state index in [1.54, 1.807) is 0 Å². The first-order chi connectivity index (χ1) is 8.17. The first kappa shape index (κ1) is 13.9. The zero-order valence-corrected chi connectivity index (χ0v) is 11.8. The summed E-state index contributed by atoms with van der Waals surface area (Å²) in [6.07, 6.45) is 3.31. The van der Waals surface area contributed by atoms with Crippen molar-refractivity contribution < 1.29 is 9.53 Å². The van der Waals surface area contributed by atoms with Crippen LogP contribution >= 0.6 is 27.3 Å². The quantitative estimate of drug-likeness (QED) is 0.360. The molecule has 0 spiro atoms. The van der Waals surface area contributed by atoms with Crippen LogP contribution < -0.4 is 0 Å². The molecule has 17 heavy (non-hydrogen) atoms. The summed E-state index contributed by atoms with van der Waals surface area (Å²) < 4.78 is 5.94. The topological polar surface area (TPSA) is 50.1 Å². The van der Waals surface area contributed by atoms with Crippen molar-refractivity contribution >= 4 is 39.3 Å². The first-order valence-electron chi connectivity index (χ1n) is 5.20. The Bertz CT molecular complexity index is 459. The van der Waals surface area contributed by atoms with E-state index in [1.165, 1.54) is 17.4 Å². The van der Waals surface area contributed by atoms with E-state index >= 15 is 0 Å². The fourth-order valence-corrected chi connectivity index (χ4v) is 2.22. The summed E-state index contributed by atoms with van der Waals surface area (Å²) >= 11 is 4.82. The van der Waals surface area contributed by atoms with E-state index in [0.717, 1.165) is 22.2 Å². The Morgan fingerprint density at radius 1 is 1.71 bits per heavy atom. The van der Waals surface area contributed by atoms with Crippen LogP contribution in [0.4, 0.5) is 0 Å². The molecule has 3 nitrogen and oxygen atoms in total. The third kappa shape index (κ3) is 4.72. The molecule has 5 heteroatoms. The zero-order valence-electron chi connectivity index (χ0n) is 9.40. The number of nitriles is 1. The molecule has 0 aliphatic rings. The molecule has 90 valence electrons. The SMILES string of the molecule is CCCCOC(=O)C(C#N)=Cc1csc(Br)c1. The number of carbonyl (C=O) groups is 1. The molecular formula is C12H12BrNO2S. The van der Waals surface area contributed by atoms with Gasteiger partial charge in [-0.1, -0.05) is 13.3 Å². The molecule has 1 aromatic heterocycles. The minimum atomic E-state index is -0.553. The standard InChI is InChI=1S/C12H12BrNO2S/c1-2-3-4-16-12(15)10(7-14)5-9-6-11(13)17-8-9/h5-6,8H,2-4H2,1H3. The van der Waals surface area contributed by atoms with Crippen LogP contribution in [0.1, 0.15) is 25.3 Å². The molecule has 0 unspecified atom stereocenters. The molecule has 0 atom stereocenters. The number of rotatable bonds is 5. The van der Waals surface area contributed by atoms with Crippen LogP contribution in [-0.4, -0.2) is 12.6 Å². The van der Waals surface area contributed by atoms with Gasteiger partial charge in [0.05, 0.1) is 10.4 Å². The van der Waals surface area contributed by atoms with Crippen LogP contribution in [0.3, 0.4) is 0 Å². The number of ether oxygens (including phenoxy) is 1. The van der Waals surface area contributed by atoms with Gasteiger partial charge in [0.1, 0.15) is 11.6 Å². The number of esters is 1. The molecule has 0 saturated heterocycles. The monoisotopic (exact) mass is 313 g/mol. The number of carbonyl (C=O) groups excluding carboxylic acids is 1. The Balaban J connectivity index is 2.68. The van der Waals surface area contributed by atoms with Crippen LogP contribution in [0.15, 0.2) is 20.8 Å². The molecule has 0 aliphatic carbocycles. The number of hydrogen-bond donors (Lipinski definition) is 0. The lowest BCUT2D eigenvalue weighted by Gasteiger charge is -2.01. The number of nitrogens with zero attached hydrogens (tertiary/aromatic N) is 1. The Labute approximate surface area is 113 Å². The van der Waals surface area contributed by atoms with Crippen LogP contribution in [-0.2, 0) is 9.53 Å². The second-order valence-electron chi connectivity index (χ2n) is 3.34. The second-order valence-corrected chi connectivity index (χ2v) is 5.63. The predicted octanol–water partition coefficient (Wildman–Crippen LogP) is 3.76. The van der Waals surface area contributed by atoms with Gasteiger partial charge in [-0.2, -0.15) is 5.26 Å². The average molecular weight is 314 g/mol. The van der Waals surface area contributed by atoms with Gasteiger partial charge in [0.2, 0.25) is 0 Å². The maximum Gasteiger partial charge on any atom is 0.348 e. The molecule has 1 heterocycles. The minimum Gasteiger partial charge on any atom is -0.462 e. The van der Waals surface area contributed by atoms with Crippen molar-refractivity contribution in [1.29, 1.82) is 5.26 Å². The van der Waals surface area contributed by atoms with E-state index in [0.29, 0.717) is 6.61 Å². The van der Waals surface area contributed by atoms with Gasteiger partial charge in [-0.3, -0.25) is 0 Å². The summed E-state index contributed by atoms with van der Waals surface area (Å²) in [6.45, 7) is 2.37. The fraction of sp³-hybridized carbons (Fsp3) is 0.333. The van der Waals surface area contributed by atoms with Gasteiger partial charge >= 0.3 is 5.97 Å². The highest BCUT2D eigenvalue weighted by Crippen LogP contribution is 2.22. The van der Waals surface area contributed by atoms with Gasteiger partial charge in [0, 0.05) is 0 Å². The van der Waals surface area contributed by atoms with E-state index in [1.807, 2.05) is 24.4 Å². The van der Waals surface area contributed by atoms with Crippen LogP contribution in [0.25, 0.3) is 6.08 Å². The number of unbranched alkanes of at least 4 members (excludes halogenated alkanes) is 1. The fourth-order valence-electron chi connectivity index (χ4n) is 1.09. The van der Waals surface area contributed by atoms with Crippen LogP contribution in [0, 0.1) is 11.3 Å². The molecule has 1 aromatic rings. The maximum absolute atomic E-state index is 11.5. The van der Waals surface area contributed by atoms with Gasteiger partial charge in [-0.15, -0.1) is 11.3 Å². The van der Waals surface area contributed by atoms with Crippen molar-refractivity contribution in [2.75, 3.05) is 6.61 Å². The highest BCUT2D eigenvalue weighted by molar-refractivity contribution is 9.11. The van der Waals surface area contributed by atoms with Gasteiger partial charge in [-0.05, 0) is 45.4 Å². The van der Waals surface area contributed by atoms with E-state index in [2.05, 4.69) is 15.9 Å². The van der Waals surface area contributed by atoms with Crippen molar-refractivity contribution in [2.24, 2.45) is 0 Å². The summed E-state index contributed by atoms with van der Waals surface area (Å²) in [5.41, 5.74) is 0.859. The van der Waals surface area contributed by atoms with Crippen molar-refractivity contribution in [3.8, 4) is 6.07 Å². The third-order valence-corrected chi connectivity index (χ3v) is 3.49. The summed E-state index contributed by atoms with van der Waals surface area (Å²) in [7, 11) is 0. The van der Waals surface area contributed by atoms with E-state index in [9.17, 15) is 4.79 Å². The summed E-state index contributed by atoms with van der Waals surface area (Å²) in [5.74, 6) is -0.553. The highest BCUT2D eigenvalue weighted by Gasteiger charge is 2.10. The molecule has 0 aliphatic heterocycles. The van der Waals surface area contributed by atoms with Gasteiger partial charge in [0.25, 0.3) is 0 Å². The summed E-state index contributed by atoms with van der Waals surface area (Å²) in [4.78, 5) is 11.5. The van der Waals surface area contributed by atoms with E-state index in [4.69, 9.17) is 10.00 Å². The molecule has 0 aromatic carbocycles. The van der Waals surface area contributed by atoms with Crippen LogP contribution in [0.2, 0.25) is 0 Å². The number of thiophene rings is 1. The lowest BCUT2D eigenvalue weighted by molar-refractivity contribution is -0.138. The molecule has 0 bridgehead atoms. The van der Waals surface area contributed by atoms with Gasteiger partial charge < -0.3 is 4.74 Å². The normalized spacial score (nSPS) is 11.0. The lowest BCUT2D eigenvalue weighted by atomic mass is 10.2. The Morgan fingerprint density at radius 3 is 3.00 bits per heavy atom. The minimum absolute atomic E-state index is 0.0337. The molecule has 0 fully saturated rings. The Hall–Kier alpha value is -1.12. The Kier molecular flexibility index (Phi) is 5.95. The van der Waals surface area contributed by atoms with E-state index < -0.39 is 5.97 Å². The van der Waals surface area contributed by atoms with E-state index in [-0.39, 0.29) is 5.57 Å². The number of hydrogen-bond acceptors (Lipinski definition) is 4. The first-order valence-corrected chi connectivity index (χ1v) is 6.87. The van der Waals surface area contributed by atoms with Crippen molar-refractivity contribution in [3.63, 3.8) is 0 Å². The maximum atomic E-state index is 11.5. The lowest BCUT2D eigenvalue weighted by Crippen LogP contribution is -2.07. The molecule has 0 radical (unpaired) electrons. The smallest absolute Gasteiger partial charge is 0.348 e. The molecule has 0 amide bonds. The largest absolute Gasteiger partial charge is 0.462 e. The second kappa shape index (κ2) is 7.25. The van der Waals surface area contributed by atoms with Crippen molar-refractivity contribution in [1.82, 2.24) is 0 Å². The predicted molar refractivity (Wildman–Crippen MR) is 71.5 cm³/mol. The van der Waals surface area contributed by atoms with Crippen molar-refractivity contribution in [2.45, 2.75) is 19.8 Å². The summed E-state index contributed by atoms with van der Waals surface area (Å²) in [5, 5.41) is 10.8. The Morgan fingerprint density at radius 2 is 2.47 bits per heavy atom. The van der Waals surface area contributed by atoms with Crippen LogP contribution in [0.5, 0.6) is 0 Å². The van der Waals surface area contributed by atoms with Gasteiger partial charge in [-0.25, -0.2) is 4.79 Å². The molecular weight excluding hydrogens is 302 g/mol. The van der Waals surface area contributed by atoms with Crippen molar-refractivity contribution in [3.05, 3.63) is 26.4 Å². The van der Waals surface area contributed by atoms with Gasteiger partial charge in [0.15, 0.2) is 0 Å². The number of halogens is 1. The molecule has 1 rings (SSSR count). The molecule has 0 N–H and O–H groups in total. The zero-order chi connectivity index (χ0) is 12.7. The molecule has 0 saturated carbocycles. The average Bonchev–Trinajstić information content (AvgIpc) is 2.72. The third-order valence-electron chi connectivity index (χ3n) is 1.97. The highest BCUT2D eigenvalue weighted by atomic mass is 79.9. The summed E-state index contributed by atoms with van der Waals surface area (Å²) in [6, 6.07) is 3.71.